The number of ether oxygens (including phenoxy) is 1. The lowest BCUT2D eigenvalue weighted by atomic mass is 10.1. The zero-order valence-electron chi connectivity index (χ0n) is 13.5. The first kappa shape index (κ1) is 17.2. The lowest BCUT2D eigenvalue weighted by molar-refractivity contribution is -0.151. The molecular weight excluding hydrogens is 284 g/mol. The highest BCUT2D eigenvalue weighted by atomic mass is 16.5. The van der Waals surface area contributed by atoms with Gasteiger partial charge in [-0.25, -0.2) is 4.79 Å². The molecule has 2 aliphatic rings. The van der Waals surface area contributed by atoms with Gasteiger partial charge in [0.15, 0.2) is 0 Å². The van der Waals surface area contributed by atoms with Crippen LogP contribution < -0.4 is 0 Å². The molecule has 6 nitrogen and oxygen atoms in total. The second-order valence-corrected chi connectivity index (χ2v) is 6.33. The number of nitrogens with zero attached hydrogens (tertiary/aromatic N) is 2. The van der Waals surface area contributed by atoms with Crippen molar-refractivity contribution >= 4 is 11.9 Å². The maximum absolute atomic E-state index is 12.4. The molecule has 2 rings (SSSR count). The van der Waals surface area contributed by atoms with Crippen LogP contribution in [0.25, 0.3) is 0 Å². The van der Waals surface area contributed by atoms with E-state index < -0.39 is 18.1 Å². The number of rotatable bonds is 4. The number of esters is 1. The van der Waals surface area contributed by atoms with Crippen molar-refractivity contribution in [2.45, 2.75) is 57.1 Å². The predicted octanol–water partition coefficient (Wildman–Crippen LogP) is 0.777. The SMILES string of the molecule is COC(=O)[C@@H]1C[C@@H](O)CN1C(=O)CCN1CCCCCCC1. The normalized spacial score (nSPS) is 27.3. The van der Waals surface area contributed by atoms with E-state index in [2.05, 4.69) is 4.90 Å². The van der Waals surface area contributed by atoms with Crippen molar-refractivity contribution in [2.24, 2.45) is 0 Å². The fourth-order valence-corrected chi connectivity index (χ4v) is 3.38. The average molecular weight is 312 g/mol. The van der Waals surface area contributed by atoms with Crippen LogP contribution in [0, 0.1) is 0 Å². The maximum atomic E-state index is 12.4. The van der Waals surface area contributed by atoms with E-state index in [1.54, 1.807) is 0 Å². The van der Waals surface area contributed by atoms with E-state index in [4.69, 9.17) is 4.74 Å². The number of hydrogen-bond acceptors (Lipinski definition) is 5. The minimum Gasteiger partial charge on any atom is -0.467 e. The van der Waals surface area contributed by atoms with Gasteiger partial charge in [-0.3, -0.25) is 4.79 Å². The number of carbonyl (C=O) groups excluding carboxylic acids is 2. The minimum atomic E-state index is -0.630. The monoisotopic (exact) mass is 312 g/mol. The quantitative estimate of drug-likeness (QED) is 0.777. The number of hydrogen-bond donors (Lipinski definition) is 1. The number of likely N-dealkylation sites (tertiary alicyclic amines) is 2. The summed E-state index contributed by atoms with van der Waals surface area (Å²) in [5.41, 5.74) is 0. The molecule has 0 aliphatic carbocycles. The van der Waals surface area contributed by atoms with Crippen LogP contribution in [-0.4, -0.2) is 72.2 Å². The summed E-state index contributed by atoms with van der Waals surface area (Å²) in [6.07, 6.45) is 6.31. The summed E-state index contributed by atoms with van der Waals surface area (Å²) in [6, 6.07) is -0.625. The Morgan fingerprint density at radius 1 is 1.14 bits per heavy atom. The highest BCUT2D eigenvalue weighted by Crippen LogP contribution is 2.20. The fourth-order valence-electron chi connectivity index (χ4n) is 3.38. The molecule has 0 bridgehead atoms. The molecule has 6 heteroatoms. The number of β-amino-alcohol motifs (C(OH)–C–C–N with tert-alkyl or cyclic N) is 1. The molecule has 0 unspecified atom stereocenters. The molecule has 0 radical (unpaired) electrons. The fraction of sp³-hybridized carbons (Fsp3) is 0.875. The number of amides is 1. The highest BCUT2D eigenvalue weighted by Gasteiger charge is 2.39. The Morgan fingerprint density at radius 3 is 2.41 bits per heavy atom. The Balaban J connectivity index is 1.83. The van der Waals surface area contributed by atoms with Crippen LogP contribution >= 0.6 is 0 Å². The molecule has 0 aromatic heterocycles. The van der Waals surface area contributed by atoms with E-state index in [9.17, 15) is 14.7 Å². The molecule has 0 aromatic carbocycles. The summed E-state index contributed by atoms with van der Waals surface area (Å²) >= 11 is 0. The van der Waals surface area contributed by atoms with Crippen molar-refractivity contribution in [1.29, 1.82) is 0 Å². The van der Waals surface area contributed by atoms with Crippen molar-refractivity contribution in [1.82, 2.24) is 9.80 Å². The zero-order chi connectivity index (χ0) is 15.9. The third kappa shape index (κ3) is 4.68. The van der Waals surface area contributed by atoms with Gasteiger partial charge in [0.05, 0.1) is 13.2 Å². The van der Waals surface area contributed by atoms with Crippen LogP contribution in [-0.2, 0) is 14.3 Å². The standard InChI is InChI=1S/C16H28N2O4/c1-22-16(21)14-11-13(19)12-18(14)15(20)7-10-17-8-5-3-2-4-6-9-17/h13-14,19H,2-12H2,1H3/t13-,14+/m1/s1. The summed E-state index contributed by atoms with van der Waals surface area (Å²) in [7, 11) is 1.32. The van der Waals surface area contributed by atoms with E-state index in [-0.39, 0.29) is 18.9 Å². The smallest absolute Gasteiger partial charge is 0.328 e. The zero-order valence-corrected chi connectivity index (χ0v) is 13.5. The lowest BCUT2D eigenvalue weighted by Crippen LogP contribution is -2.42. The van der Waals surface area contributed by atoms with Gasteiger partial charge >= 0.3 is 5.97 Å². The Bertz CT molecular complexity index is 380. The van der Waals surface area contributed by atoms with E-state index >= 15 is 0 Å². The molecule has 1 amide bonds. The molecule has 0 aromatic rings. The molecule has 0 spiro atoms. The molecule has 2 aliphatic heterocycles. The van der Waals surface area contributed by atoms with Gasteiger partial charge in [0.1, 0.15) is 6.04 Å². The van der Waals surface area contributed by atoms with Crippen LogP contribution in [0.1, 0.15) is 44.9 Å². The predicted molar refractivity (Wildman–Crippen MR) is 82.3 cm³/mol. The summed E-state index contributed by atoms with van der Waals surface area (Å²) in [5, 5.41) is 9.74. The van der Waals surface area contributed by atoms with Crippen molar-refractivity contribution in [2.75, 3.05) is 33.3 Å². The second kappa shape index (κ2) is 8.48. The first-order valence-electron chi connectivity index (χ1n) is 8.39. The summed E-state index contributed by atoms with van der Waals surface area (Å²) in [4.78, 5) is 28.0. The van der Waals surface area contributed by atoms with Crippen molar-refractivity contribution < 1.29 is 19.4 Å². The van der Waals surface area contributed by atoms with Gasteiger partial charge in [-0.2, -0.15) is 0 Å². The van der Waals surface area contributed by atoms with E-state index in [0.29, 0.717) is 6.42 Å². The van der Waals surface area contributed by atoms with Gasteiger partial charge in [-0.05, 0) is 25.9 Å². The summed E-state index contributed by atoms with van der Waals surface area (Å²) in [5.74, 6) is -0.495. The van der Waals surface area contributed by atoms with Crippen LogP contribution in [0.5, 0.6) is 0 Å². The largest absolute Gasteiger partial charge is 0.467 e. The van der Waals surface area contributed by atoms with Crippen molar-refractivity contribution in [3.8, 4) is 0 Å². The number of aliphatic hydroxyl groups excluding tert-OH is 1. The lowest BCUT2D eigenvalue weighted by Gasteiger charge is -2.26. The maximum Gasteiger partial charge on any atom is 0.328 e. The van der Waals surface area contributed by atoms with Gasteiger partial charge in [-0.1, -0.05) is 19.3 Å². The molecule has 2 fully saturated rings. The van der Waals surface area contributed by atoms with Crippen molar-refractivity contribution in [3.05, 3.63) is 0 Å². The summed E-state index contributed by atoms with van der Waals surface area (Å²) < 4.78 is 4.73. The molecule has 22 heavy (non-hydrogen) atoms. The highest BCUT2D eigenvalue weighted by molar-refractivity contribution is 5.85. The van der Waals surface area contributed by atoms with Gasteiger partial charge in [0.25, 0.3) is 0 Å². The molecule has 2 saturated heterocycles. The minimum absolute atomic E-state index is 0.0611. The molecule has 2 atom stereocenters. The topological polar surface area (TPSA) is 70.1 Å². The van der Waals surface area contributed by atoms with Gasteiger partial charge < -0.3 is 19.6 Å². The van der Waals surface area contributed by atoms with Crippen LogP contribution in [0.3, 0.4) is 0 Å². The van der Waals surface area contributed by atoms with Gasteiger partial charge in [0.2, 0.25) is 5.91 Å². The van der Waals surface area contributed by atoms with Crippen LogP contribution in [0.15, 0.2) is 0 Å². The molecule has 0 saturated carbocycles. The van der Waals surface area contributed by atoms with E-state index in [1.165, 1.54) is 44.1 Å². The first-order chi connectivity index (χ1) is 10.6. The third-order valence-electron chi connectivity index (χ3n) is 4.66. The number of methoxy groups -OCH3 is 1. The van der Waals surface area contributed by atoms with Crippen LogP contribution in [0.2, 0.25) is 0 Å². The Morgan fingerprint density at radius 2 is 1.77 bits per heavy atom. The van der Waals surface area contributed by atoms with E-state index in [0.717, 1.165) is 19.6 Å². The Labute approximate surface area is 132 Å². The molecule has 1 N–H and O–H groups in total. The molecular formula is C16H28N2O4. The van der Waals surface area contributed by atoms with Gasteiger partial charge in [0, 0.05) is 25.9 Å². The molecule has 2 heterocycles. The third-order valence-corrected chi connectivity index (χ3v) is 4.66. The average Bonchev–Trinajstić information content (AvgIpc) is 2.87. The van der Waals surface area contributed by atoms with Crippen LogP contribution in [0.4, 0.5) is 0 Å². The number of aliphatic hydroxyl groups is 1. The van der Waals surface area contributed by atoms with Gasteiger partial charge in [-0.15, -0.1) is 0 Å². The second-order valence-electron chi connectivity index (χ2n) is 6.33. The Kier molecular flexibility index (Phi) is 6.64. The van der Waals surface area contributed by atoms with E-state index in [1.807, 2.05) is 0 Å². The summed E-state index contributed by atoms with van der Waals surface area (Å²) in [6.45, 7) is 3.07. The molecule has 126 valence electrons. The first-order valence-corrected chi connectivity index (χ1v) is 8.39. The number of carbonyl (C=O) groups is 2. The Hall–Kier alpha value is -1.14. The van der Waals surface area contributed by atoms with Crippen molar-refractivity contribution in [3.63, 3.8) is 0 Å².